The van der Waals surface area contributed by atoms with Gasteiger partial charge in [-0.2, -0.15) is 0 Å². The number of nitrogens with one attached hydrogen (secondary N) is 1. The van der Waals surface area contributed by atoms with Crippen molar-refractivity contribution in [3.63, 3.8) is 0 Å². The molecule has 22 nitrogen and oxygen atoms in total. The molecule has 0 spiro atoms. The molecule has 350 valence electrons. The number of benzene rings is 4. The van der Waals surface area contributed by atoms with E-state index in [-0.39, 0.29) is 59.1 Å². The van der Waals surface area contributed by atoms with Crippen molar-refractivity contribution in [3.8, 4) is 23.0 Å². The highest BCUT2D eigenvalue weighted by atomic mass is 16.7. The molecule has 22 heteroatoms. The van der Waals surface area contributed by atoms with Crippen LogP contribution in [0, 0.1) is 10.1 Å². The smallest absolute Gasteiger partial charge is 0.411 e. The van der Waals surface area contributed by atoms with Crippen LogP contribution in [0.5, 0.6) is 23.0 Å². The van der Waals surface area contributed by atoms with Gasteiger partial charge in [0.15, 0.2) is 17.9 Å². The van der Waals surface area contributed by atoms with Crippen molar-refractivity contribution in [1.29, 1.82) is 0 Å². The Kier molecular flexibility index (Phi) is 14.5. The third-order valence-electron chi connectivity index (χ3n) is 11.2. The molecule has 1 heterocycles. The minimum Gasteiger partial charge on any atom is -0.507 e. The quantitative estimate of drug-likeness (QED) is 0.0506. The second-order valence-electron chi connectivity index (χ2n) is 15.4. The van der Waals surface area contributed by atoms with Gasteiger partial charge in [-0.3, -0.25) is 29.8 Å². The third-order valence-corrected chi connectivity index (χ3v) is 11.2. The highest BCUT2D eigenvalue weighted by molar-refractivity contribution is 6.31. The number of nitro benzene ring substituents is 1. The van der Waals surface area contributed by atoms with Crippen LogP contribution in [0.1, 0.15) is 80.0 Å². The normalized spacial score (nSPS) is 21.7. The molecule has 3 aliphatic rings. The number of primary amides is 1. The van der Waals surface area contributed by atoms with Gasteiger partial charge in [0.25, 0.3) is 5.69 Å². The van der Waals surface area contributed by atoms with E-state index < -0.39 is 113 Å². The number of phenols is 2. The molecule has 66 heavy (non-hydrogen) atoms. The van der Waals surface area contributed by atoms with Gasteiger partial charge in [0.05, 0.1) is 60.2 Å². The number of Topliss-reactive ketones (excluding diaryl/α,β-unsaturated/α-hetero) is 1. The molecule has 2 amide bonds. The zero-order valence-corrected chi connectivity index (χ0v) is 35.5. The van der Waals surface area contributed by atoms with Gasteiger partial charge < -0.3 is 65.4 Å². The molecule has 4 aromatic carbocycles. The van der Waals surface area contributed by atoms with E-state index in [2.05, 4.69) is 10.1 Å². The largest absolute Gasteiger partial charge is 0.507 e. The van der Waals surface area contributed by atoms with Crippen LogP contribution in [-0.4, -0.2) is 111 Å². The van der Waals surface area contributed by atoms with E-state index in [0.29, 0.717) is 16.8 Å². The van der Waals surface area contributed by atoms with E-state index in [4.69, 9.17) is 35.2 Å². The van der Waals surface area contributed by atoms with Crippen LogP contribution in [-0.2, 0) is 43.4 Å². The molecule has 7 rings (SSSR count). The minimum atomic E-state index is -2.24. The number of aliphatic hydroxyl groups is 3. The first-order valence-electron chi connectivity index (χ1n) is 20.1. The first-order chi connectivity index (χ1) is 31.3. The average molecular weight is 919 g/mol. The van der Waals surface area contributed by atoms with E-state index in [1.165, 1.54) is 50.6 Å². The van der Waals surface area contributed by atoms with Crippen molar-refractivity contribution in [2.45, 2.75) is 75.6 Å². The molecule has 10 N–H and O–H groups in total. The molecule has 0 saturated carbocycles. The number of ketones is 3. The van der Waals surface area contributed by atoms with Crippen LogP contribution in [0.15, 0.2) is 60.7 Å². The molecule has 0 unspecified atom stereocenters. The topological polar surface area (TPSA) is 349 Å². The van der Waals surface area contributed by atoms with E-state index in [0.717, 1.165) is 0 Å². The minimum absolute atomic E-state index is 0.0173. The Bertz CT molecular complexity index is 2560. The van der Waals surface area contributed by atoms with Gasteiger partial charge in [-0.15, -0.1) is 0 Å². The summed E-state index contributed by atoms with van der Waals surface area (Å²) in [7, 11) is 2.69. The number of hydrogen-bond acceptors (Lipinski definition) is 19. The number of amides is 2. The summed E-state index contributed by atoms with van der Waals surface area (Å²) >= 11 is 0. The first-order valence-corrected chi connectivity index (χ1v) is 20.1. The Hall–Kier alpha value is -7.21. The van der Waals surface area contributed by atoms with Crippen molar-refractivity contribution in [3.05, 3.63) is 115 Å². The Labute approximate surface area is 374 Å². The molecule has 1 saturated heterocycles. The predicted octanol–water partition coefficient (Wildman–Crippen LogP) is 2.95. The van der Waals surface area contributed by atoms with Gasteiger partial charge in [-0.05, 0) is 36.8 Å². The van der Waals surface area contributed by atoms with Gasteiger partial charge in [0, 0.05) is 59.3 Å². The van der Waals surface area contributed by atoms with Crippen molar-refractivity contribution in [1.82, 2.24) is 0 Å². The SMILES string of the molecule is COc1cc([N+](=O)[O-])ccc1COC(=O)Nc1ccc(COC(N)=O)cc1.COc1cccc2c1C(=O)c1c(O)c3c(c(O)c1C2=O)C[C@@](O)(C(=O)CO)C[C@@H]3O[C@H]1C[C@H](N)[C@H](O)[C@H](C)O1. The summed E-state index contributed by atoms with van der Waals surface area (Å²) in [5, 5.41) is 67.0. The van der Waals surface area contributed by atoms with Crippen LogP contribution in [0.4, 0.5) is 21.0 Å². The summed E-state index contributed by atoms with van der Waals surface area (Å²) in [4.78, 5) is 72.4. The molecule has 0 bridgehead atoms. The summed E-state index contributed by atoms with van der Waals surface area (Å²) in [6, 6.07) is 14.2. The number of methoxy groups -OCH3 is 2. The number of anilines is 1. The van der Waals surface area contributed by atoms with E-state index in [1.54, 1.807) is 31.2 Å². The number of carbonyl (C=O) groups excluding carboxylic acids is 5. The van der Waals surface area contributed by atoms with Crippen LogP contribution in [0.25, 0.3) is 0 Å². The lowest BCUT2D eigenvalue weighted by molar-refractivity contribution is -0.384. The molecule has 0 radical (unpaired) electrons. The predicted molar refractivity (Wildman–Crippen MR) is 226 cm³/mol. The fourth-order valence-electron chi connectivity index (χ4n) is 7.85. The fraction of sp³-hybridized carbons (Fsp3) is 0.341. The van der Waals surface area contributed by atoms with Crippen LogP contribution in [0.3, 0.4) is 0 Å². The van der Waals surface area contributed by atoms with E-state index in [1.807, 2.05) is 0 Å². The lowest BCUT2D eigenvalue weighted by Crippen LogP contribution is -2.53. The number of phenolic OH excluding ortho intramolecular Hbond substituents is 2. The van der Waals surface area contributed by atoms with E-state index in [9.17, 15) is 59.6 Å². The van der Waals surface area contributed by atoms with Gasteiger partial charge in [-0.1, -0.05) is 24.3 Å². The molecule has 4 aromatic rings. The number of rotatable bonds is 12. The van der Waals surface area contributed by atoms with Gasteiger partial charge in [0.1, 0.15) is 48.4 Å². The summed E-state index contributed by atoms with van der Waals surface area (Å²) in [6.45, 7) is 0.460. The maximum absolute atomic E-state index is 13.6. The van der Waals surface area contributed by atoms with Gasteiger partial charge >= 0.3 is 12.2 Å². The highest BCUT2D eigenvalue weighted by Crippen LogP contribution is 2.52. The number of ether oxygens (including phenoxy) is 6. The zero-order valence-electron chi connectivity index (χ0n) is 35.5. The van der Waals surface area contributed by atoms with Crippen LogP contribution in [0.2, 0.25) is 0 Å². The van der Waals surface area contributed by atoms with Crippen molar-refractivity contribution < 1.29 is 82.8 Å². The lowest BCUT2D eigenvalue weighted by Gasteiger charge is -2.42. The number of carbonyl (C=O) groups is 5. The van der Waals surface area contributed by atoms with Crippen LogP contribution >= 0.6 is 0 Å². The number of fused-ring (bicyclic) bond motifs is 3. The number of hydrogen-bond donors (Lipinski definition) is 8. The van der Waals surface area contributed by atoms with Gasteiger partial charge in [0.2, 0.25) is 5.78 Å². The van der Waals surface area contributed by atoms with Crippen molar-refractivity contribution in [2.24, 2.45) is 11.5 Å². The number of aliphatic hydroxyl groups excluding tert-OH is 2. The van der Waals surface area contributed by atoms with Crippen LogP contribution < -0.4 is 26.3 Å². The zero-order chi connectivity index (χ0) is 48.2. The Balaban J connectivity index is 0.000000234. The molecule has 6 atom stereocenters. The Morgan fingerprint density at radius 1 is 0.939 bits per heavy atom. The summed E-state index contributed by atoms with van der Waals surface area (Å²) < 4.78 is 31.8. The first kappa shape index (κ1) is 48.3. The number of nitrogens with zero attached hydrogens (tertiary/aromatic N) is 1. The second-order valence-corrected chi connectivity index (χ2v) is 15.4. The van der Waals surface area contributed by atoms with E-state index >= 15 is 0 Å². The molecule has 1 fully saturated rings. The maximum Gasteiger partial charge on any atom is 0.411 e. The highest BCUT2D eigenvalue weighted by Gasteiger charge is 2.50. The maximum atomic E-state index is 13.6. The third kappa shape index (κ3) is 9.88. The second kappa shape index (κ2) is 19.9. The molecular weight excluding hydrogens is 872 g/mol. The Morgan fingerprint density at radius 3 is 2.24 bits per heavy atom. The Morgan fingerprint density at radius 2 is 1.62 bits per heavy atom. The number of nitro groups is 1. The number of non-ortho nitro benzene ring substituents is 1. The lowest BCUT2D eigenvalue weighted by atomic mass is 9.72. The molecule has 1 aliphatic heterocycles. The molecular formula is C44H46N4O18. The summed E-state index contributed by atoms with van der Waals surface area (Å²) in [6.07, 6.45) is -6.71. The molecule has 0 aromatic heterocycles. The number of aromatic hydroxyl groups is 2. The van der Waals surface area contributed by atoms with Crippen molar-refractivity contribution in [2.75, 3.05) is 26.1 Å². The summed E-state index contributed by atoms with van der Waals surface area (Å²) in [5.74, 6) is -3.53. The monoisotopic (exact) mass is 918 g/mol. The van der Waals surface area contributed by atoms with Crippen molar-refractivity contribution >= 4 is 40.9 Å². The number of nitrogens with two attached hydrogens (primary N) is 2. The average Bonchev–Trinajstić information content (AvgIpc) is 3.29. The molecule has 2 aliphatic carbocycles. The fourth-order valence-corrected chi connectivity index (χ4v) is 7.85. The standard InChI is InChI=1S/C27H29NO11.C17H17N3O7/c1-10-22(31)13(28)6-17(38-10)39-15-8-27(36,16(30)9-29)7-12-19(15)26(35)21-20(24(12)33)23(32)11-4-3-5-14(37-2)18(11)25(21)34;1-25-15-8-14(20(23)24)7-4-12(15)10-27-17(22)19-13-5-2-11(3-6-13)9-26-16(18)21/h3-5,10,13,15,17,22,29,31,33,35-36H,6-9,28H2,1-2H3;2-8H,9-10H2,1H3,(H2,18,21)(H,19,22)/t10-,13-,15-,17-,22+,27-;/m0./s1. The van der Waals surface area contributed by atoms with Gasteiger partial charge in [-0.25, -0.2) is 9.59 Å². The summed E-state index contributed by atoms with van der Waals surface area (Å²) in [5.41, 5.74) is 8.79.